The SMILES string of the molecule is CC(CN(C)C(=O)C1(C(=O)O)CCCCC1)C(=O)O. The summed E-state index contributed by atoms with van der Waals surface area (Å²) in [4.78, 5) is 35.9. The predicted molar refractivity (Wildman–Crippen MR) is 67.6 cm³/mol. The standard InChI is InChI=1S/C13H21NO5/c1-9(10(15)16)8-14(2)11(17)13(12(18)19)6-4-3-5-7-13/h9H,3-8H2,1-2H3,(H,15,16)(H,18,19). The maximum atomic E-state index is 12.4. The van der Waals surface area contributed by atoms with Gasteiger partial charge in [-0.05, 0) is 12.8 Å². The second kappa shape index (κ2) is 6.04. The first-order chi connectivity index (χ1) is 8.81. The molecule has 0 radical (unpaired) electrons. The van der Waals surface area contributed by atoms with E-state index in [1.165, 1.54) is 18.9 Å². The fourth-order valence-corrected chi connectivity index (χ4v) is 2.61. The molecule has 0 aromatic carbocycles. The number of hydrogen-bond donors (Lipinski definition) is 2. The maximum Gasteiger partial charge on any atom is 0.319 e. The molecule has 0 saturated heterocycles. The smallest absolute Gasteiger partial charge is 0.319 e. The minimum absolute atomic E-state index is 0.0309. The van der Waals surface area contributed by atoms with Crippen LogP contribution in [0.5, 0.6) is 0 Å². The number of carboxylic acids is 2. The second-order valence-corrected chi connectivity index (χ2v) is 5.37. The highest BCUT2D eigenvalue weighted by Gasteiger charge is 2.48. The van der Waals surface area contributed by atoms with Gasteiger partial charge >= 0.3 is 11.9 Å². The fourth-order valence-electron chi connectivity index (χ4n) is 2.61. The third-order valence-electron chi connectivity index (χ3n) is 3.84. The molecule has 0 bridgehead atoms. The Hall–Kier alpha value is -1.59. The van der Waals surface area contributed by atoms with Crippen molar-refractivity contribution in [2.45, 2.75) is 39.0 Å². The Morgan fingerprint density at radius 1 is 1.16 bits per heavy atom. The summed E-state index contributed by atoms with van der Waals surface area (Å²) in [5.41, 5.74) is -1.36. The van der Waals surface area contributed by atoms with Gasteiger partial charge in [0.05, 0.1) is 5.92 Å². The molecule has 1 fully saturated rings. The molecule has 108 valence electrons. The van der Waals surface area contributed by atoms with Gasteiger partial charge in [-0.2, -0.15) is 0 Å². The molecular formula is C13H21NO5. The molecule has 1 saturated carbocycles. The van der Waals surface area contributed by atoms with E-state index in [1.807, 2.05) is 0 Å². The quantitative estimate of drug-likeness (QED) is 0.733. The minimum Gasteiger partial charge on any atom is -0.481 e. The van der Waals surface area contributed by atoms with E-state index >= 15 is 0 Å². The first-order valence-corrected chi connectivity index (χ1v) is 6.53. The van der Waals surface area contributed by atoms with Crippen LogP contribution in [0, 0.1) is 11.3 Å². The largest absolute Gasteiger partial charge is 0.481 e. The Kier molecular flexibility index (Phi) is 4.91. The van der Waals surface area contributed by atoms with Crippen LogP contribution < -0.4 is 0 Å². The van der Waals surface area contributed by atoms with Gasteiger partial charge in [-0.3, -0.25) is 14.4 Å². The van der Waals surface area contributed by atoms with Crippen molar-refractivity contribution in [3.05, 3.63) is 0 Å². The van der Waals surface area contributed by atoms with Crippen molar-refractivity contribution in [3.8, 4) is 0 Å². The van der Waals surface area contributed by atoms with Crippen molar-refractivity contribution in [3.63, 3.8) is 0 Å². The number of hydrogen-bond acceptors (Lipinski definition) is 3. The van der Waals surface area contributed by atoms with Gasteiger partial charge in [0.15, 0.2) is 0 Å². The summed E-state index contributed by atoms with van der Waals surface area (Å²) in [6.45, 7) is 1.53. The lowest BCUT2D eigenvalue weighted by Gasteiger charge is -2.35. The molecular weight excluding hydrogens is 250 g/mol. The zero-order valence-electron chi connectivity index (χ0n) is 11.4. The first-order valence-electron chi connectivity index (χ1n) is 6.53. The Balaban J connectivity index is 2.82. The van der Waals surface area contributed by atoms with Gasteiger partial charge in [0.25, 0.3) is 0 Å². The summed E-state index contributed by atoms with van der Waals surface area (Å²) in [7, 11) is 1.47. The molecule has 0 aliphatic heterocycles. The minimum atomic E-state index is -1.36. The van der Waals surface area contributed by atoms with Gasteiger partial charge in [0.2, 0.25) is 5.91 Å². The summed E-state index contributed by atoms with van der Waals surface area (Å²) >= 11 is 0. The van der Waals surface area contributed by atoms with Crippen LogP contribution in [0.3, 0.4) is 0 Å². The number of amides is 1. The van der Waals surface area contributed by atoms with Crippen molar-refractivity contribution < 1.29 is 24.6 Å². The fraction of sp³-hybridized carbons (Fsp3) is 0.769. The van der Waals surface area contributed by atoms with Crippen LogP contribution >= 0.6 is 0 Å². The van der Waals surface area contributed by atoms with Gasteiger partial charge in [0, 0.05) is 13.6 Å². The van der Waals surface area contributed by atoms with Crippen LogP contribution in [0.1, 0.15) is 39.0 Å². The Bertz CT molecular complexity index is 373. The zero-order valence-corrected chi connectivity index (χ0v) is 11.4. The van der Waals surface area contributed by atoms with Crippen molar-refractivity contribution in [2.24, 2.45) is 11.3 Å². The molecule has 0 aromatic rings. The Morgan fingerprint density at radius 3 is 2.11 bits per heavy atom. The van der Waals surface area contributed by atoms with E-state index in [2.05, 4.69) is 0 Å². The number of carboxylic acid groups (broad SMARTS) is 2. The summed E-state index contributed by atoms with van der Waals surface area (Å²) in [6, 6.07) is 0. The number of aliphatic carboxylic acids is 2. The third-order valence-corrected chi connectivity index (χ3v) is 3.84. The van der Waals surface area contributed by atoms with Gasteiger partial charge < -0.3 is 15.1 Å². The highest BCUT2D eigenvalue weighted by atomic mass is 16.4. The van der Waals surface area contributed by atoms with E-state index < -0.39 is 29.2 Å². The van der Waals surface area contributed by atoms with Crippen LogP contribution in [0.25, 0.3) is 0 Å². The molecule has 19 heavy (non-hydrogen) atoms. The summed E-state index contributed by atoms with van der Waals surface area (Å²) < 4.78 is 0. The van der Waals surface area contributed by atoms with Crippen LogP contribution in [-0.2, 0) is 14.4 Å². The molecule has 1 aliphatic rings. The highest BCUT2D eigenvalue weighted by molar-refractivity contribution is 6.02. The summed E-state index contributed by atoms with van der Waals surface area (Å²) in [6.07, 6.45) is 3.07. The summed E-state index contributed by atoms with van der Waals surface area (Å²) in [5, 5.41) is 18.2. The molecule has 0 heterocycles. The number of carbonyl (C=O) groups excluding carboxylic acids is 1. The monoisotopic (exact) mass is 271 g/mol. The number of carbonyl (C=O) groups is 3. The second-order valence-electron chi connectivity index (χ2n) is 5.37. The van der Waals surface area contributed by atoms with Crippen molar-refractivity contribution in [1.82, 2.24) is 4.90 Å². The van der Waals surface area contributed by atoms with Crippen LogP contribution in [-0.4, -0.2) is 46.6 Å². The molecule has 0 aromatic heterocycles. The molecule has 6 nitrogen and oxygen atoms in total. The Morgan fingerprint density at radius 2 is 1.68 bits per heavy atom. The topological polar surface area (TPSA) is 94.9 Å². The number of nitrogens with zero attached hydrogens (tertiary/aromatic N) is 1. The molecule has 0 spiro atoms. The molecule has 1 atom stereocenters. The van der Waals surface area contributed by atoms with Crippen molar-refractivity contribution in [1.29, 1.82) is 0 Å². The summed E-state index contributed by atoms with van der Waals surface area (Å²) in [5.74, 6) is -3.25. The predicted octanol–water partition coefficient (Wildman–Crippen LogP) is 1.20. The van der Waals surface area contributed by atoms with E-state index in [0.29, 0.717) is 12.8 Å². The zero-order chi connectivity index (χ0) is 14.6. The molecule has 2 N–H and O–H groups in total. The van der Waals surface area contributed by atoms with Crippen LogP contribution in [0.4, 0.5) is 0 Å². The van der Waals surface area contributed by atoms with E-state index in [-0.39, 0.29) is 6.54 Å². The van der Waals surface area contributed by atoms with Gasteiger partial charge in [-0.1, -0.05) is 26.2 Å². The lowest BCUT2D eigenvalue weighted by molar-refractivity contribution is -0.163. The van der Waals surface area contributed by atoms with E-state index in [4.69, 9.17) is 5.11 Å². The highest BCUT2D eigenvalue weighted by Crippen LogP contribution is 2.38. The van der Waals surface area contributed by atoms with E-state index in [1.54, 1.807) is 0 Å². The lowest BCUT2D eigenvalue weighted by atomic mass is 9.73. The van der Waals surface area contributed by atoms with Crippen LogP contribution in [0.15, 0.2) is 0 Å². The third kappa shape index (κ3) is 3.24. The Labute approximate surface area is 112 Å². The molecule has 1 rings (SSSR count). The van der Waals surface area contributed by atoms with Crippen LogP contribution in [0.2, 0.25) is 0 Å². The molecule has 1 amide bonds. The normalized spacial score (nSPS) is 19.5. The molecule has 1 aliphatic carbocycles. The lowest BCUT2D eigenvalue weighted by Crippen LogP contribution is -2.49. The van der Waals surface area contributed by atoms with E-state index in [9.17, 15) is 19.5 Å². The van der Waals surface area contributed by atoms with E-state index in [0.717, 1.165) is 19.3 Å². The van der Waals surface area contributed by atoms with Gasteiger partial charge in [-0.25, -0.2) is 0 Å². The molecule has 1 unspecified atom stereocenters. The van der Waals surface area contributed by atoms with Crippen molar-refractivity contribution in [2.75, 3.05) is 13.6 Å². The maximum absolute atomic E-state index is 12.4. The average Bonchev–Trinajstić information content (AvgIpc) is 2.38. The number of rotatable bonds is 5. The average molecular weight is 271 g/mol. The van der Waals surface area contributed by atoms with Gasteiger partial charge in [0.1, 0.15) is 5.41 Å². The van der Waals surface area contributed by atoms with Crippen molar-refractivity contribution >= 4 is 17.8 Å². The first kappa shape index (κ1) is 15.5. The molecule has 6 heteroatoms. The van der Waals surface area contributed by atoms with Gasteiger partial charge in [-0.15, -0.1) is 0 Å².